The Kier molecular flexibility index (Phi) is 4.10. The standard InChI is InChI=1S/C20H24O7/c1-6-8(2)18(22)24-11-7-20(5)17(27-20)16-14(25-16)10(4)13(21)15-12(11)9(3)19(23)26-15/h6,11-17,21H,3-4,7H2,1-2,5H3/b8-6+. The van der Waals surface area contributed by atoms with Gasteiger partial charge in [-0.1, -0.05) is 19.2 Å². The highest BCUT2D eigenvalue weighted by Crippen LogP contribution is 2.54. The first kappa shape index (κ1) is 18.4. The minimum Gasteiger partial charge on any atom is -0.458 e. The molecule has 7 heteroatoms. The van der Waals surface area contributed by atoms with Crippen molar-refractivity contribution in [1.82, 2.24) is 0 Å². The first-order valence-corrected chi connectivity index (χ1v) is 9.11. The van der Waals surface area contributed by atoms with Gasteiger partial charge in [0.2, 0.25) is 0 Å². The van der Waals surface area contributed by atoms with Crippen molar-refractivity contribution in [3.63, 3.8) is 0 Å². The van der Waals surface area contributed by atoms with Crippen LogP contribution in [0.4, 0.5) is 0 Å². The first-order valence-electron chi connectivity index (χ1n) is 9.11. The fourth-order valence-corrected chi connectivity index (χ4v) is 4.16. The predicted molar refractivity (Wildman–Crippen MR) is 93.5 cm³/mol. The molecule has 146 valence electrons. The second-order valence-corrected chi connectivity index (χ2v) is 7.93. The van der Waals surface area contributed by atoms with Gasteiger partial charge >= 0.3 is 11.9 Å². The van der Waals surface area contributed by atoms with Crippen LogP contribution in [0.3, 0.4) is 0 Å². The number of aliphatic hydroxyl groups is 1. The highest BCUT2D eigenvalue weighted by molar-refractivity contribution is 5.91. The smallest absolute Gasteiger partial charge is 0.334 e. The molecule has 0 aromatic carbocycles. The Bertz CT molecular complexity index is 768. The maximum atomic E-state index is 12.4. The lowest BCUT2D eigenvalue weighted by atomic mass is 9.79. The summed E-state index contributed by atoms with van der Waals surface area (Å²) in [6, 6.07) is 0. The molecule has 0 bridgehead atoms. The summed E-state index contributed by atoms with van der Waals surface area (Å²) in [5.41, 5.74) is 0.519. The average Bonchev–Trinajstić information content (AvgIpc) is 3.51. The van der Waals surface area contributed by atoms with E-state index < -0.39 is 41.8 Å². The number of hydrogen-bond donors (Lipinski definition) is 1. The van der Waals surface area contributed by atoms with Crippen LogP contribution < -0.4 is 0 Å². The zero-order valence-corrected chi connectivity index (χ0v) is 15.6. The lowest BCUT2D eigenvalue weighted by Gasteiger charge is -2.31. The summed E-state index contributed by atoms with van der Waals surface area (Å²) >= 11 is 0. The van der Waals surface area contributed by atoms with Crippen LogP contribution in [-0.2, 0) is 28.5 Å². The number of fused-ring (bicyclic) bond motifs is 4. The van der Waals surface area contributed by atoms with Gasteiger partial charge in [0.05, 0.1) is 11.5 Å². The van der Waals surface area contributed by atoms with E-state index >= 15 is 0 Å². The van der Waals surface area contributed by atoms with Crippen molar-refractivity contribution >= 4 is 11.9 Å². The zero-order chi connectivity index (χ0) is 19.7. The van der Waals surface area contributed by atoms with E-state index in [0.717, 1.165) is 0 Å². The summed E-state index contributed by atoms with van der Waals surface area (Å²) in [6.45, 7) is 13.1. The van der Waals surface area contributed by atoms with Gasteiger partial charge in [-0.2, -0.15) is 0 Å². The molecule has 1 aliphatic carbocycles. The molecular weight excluding hydrogens is 352 g/mol. The first-order chi connectivity index (χ1) is 12.7. The van der Waals surface area contributed by atoms with Crippen LogP contribution in [0.5, 0.6) is 0 Å². The molecule has 0 aromatic heterocycles. The van der Waals surface area contributed by atoms with Gasteiger partial charge in [0.15, 0.2) is 0 Å². The third kappa shape index (κ3) is 2.85. The van der Waals surface area contributed by atoms with Crippen molar-refractivity contribution in [2.45, 2.75) is 69.4 Å². The molecule has 0 spiro atoms. The molecule has 4 rings (SSSR count). The number of ether oxygens (including phenoxy) is 4. The summed E-state index contributed by atoms with van der Waals surface area (Å²) in [5.74, 6) is -1.78. The molecule has 3 heterocycles. The highest BCUT2D eigenvalue weighted by atomic mass is 16.7. The Morgan fingerprint density at radius 3 is 2.74 bits per heavy atom. The van der Waals surface area contributed by atoms with Crippen LogP contribution in [0.25, 0.3) is 0 Å². The van der Waals surface area contributed by atoms with E-state index in [1.54, 1.807) is 19.9 Å². The van der Waals surface area contributed by atoms with Crippen LogP contribution in [0.2, 0.25) is 0 Å². The van der Waals surface area contributed by atoms with E-state index in [1.165, 1.54) is 0 Å². The SMILES string of the molecule is C=C1C(O)C2OC(=O)C(=C)C2C(OC(=O)/C(C)=C/C)CC2(C)OC2C2OC12. The van der Waals surface area contributed by atoms with Crippen LogP contribution in [0.15, 0.2) is 36.0 Å². The van der Waals surface area contributed by atoms with Crippen molar-refractivity contribution in [1.29, 1.82) is 0 Å². The quantitative estimate of drug-likeness (QED) is 0.335. The summed E-state index contributed by atoms with van der Waals surface area (Å²) in [5, 5.41) is 10.8. The summed E-state index contributed by atoms with van der Waals surface area (Å²) in [6.07, 6.45) is -1.48. The Labute approximate surface area is 157 Å². The molecule has 1 saturated carbocycles. The fourth-order valence-electron chi connectivity index (χ4n) is 4.16. The van der Waals surface area contributed by atoms with Crippen molar-refractivity contribution in [3.05, 3.63) is 36.0 Å². The highest BCUT2D eigenvalue weighted by Gasteiger charge is 2.68. The number of carbonyl (C=O) groups excluding carboxylic acids is 2. The van der Waals surface area contributed by atoms with Gasteiger partial charge in [-0.05, 0) is 26.3 Å². The molecule has 0 aromatic rings. The van der Waals surface area contributed by atoms with Crippen molar-refractivity contribution in [2.24, 2.45) is 5.92 Å². The number of esters is 2. The van der Waals surface area contributed by atoms with E-state index in [9.17, 15) is 14.7 Å². The molecule has 8 unspecified atom stereocenters. The molecule has 8 atom stereocenters. The molecule has 4 aliphatic rings. The Morgan fingerprint density at radius 1 is 1.37 bits per heavy atom. The van der Waals surface area contributed by atoms with E-state index in [2.05, 4.69) is 13.2 Å². The van der Waals surface area contributed by atoms with E-state index in [-0.39, 0.29) is 23.9 Å². The number of hydrogen-bond acceptors (Lipinski definition) is 7. The summed E-state index contributed by atoms with van der Waals surface area (Å²) in [7, 11) is 0. The van der Waals surface area contributed by atoms with Gasteiger partial charge in [-0.15, -0.1) is 0 Å². The second-order valence-electron chi connectivity index (χ2n) is 7.93. The molecular formula is C20H24O7. The zero-order valence-electron chi connectivity index (χ0n) is 15.6. The number of carbonyl (C=O) groups is 2. The van der Waals surface area contributed by atoms with Crippen molar-refractivity contribution < 1.29 is 33.6 Å². The van der Waals surface area contributed by atoms with Crippen molar-refractivity contribution in [3.8, 4) is 0 Å². The normalized spacial score (nSPS) is 46.0. The lowest BCUT2D eigenvalue weighted by molar-refractivity contribution is -0.151. The summed E-state index contributed by atoms with van der Waals surface area (Å²) in [4.78, 5) is 24.6. The van der Waals surface area contributed by atoms with Gasteiger partial charge in [-0.3, -0.25) is 0 Å². The van der Waals surface area contributed by atoms with Crippen LogP contribution >= 0.6 is 0 Å². The van der Waals surface area contributed by atoms with Gasteiger partial charge in [-0.25, -0.2) is 9.59 Å². The molecule has 1 N–H and O–H groups in total. The molecule has 0 radical (unpaired) electrons. The van der Waals surface area contributed by atoms with Gasteiger partial charge < -0.3 is 24.1 Å². The summed E-state index contributed by atoms with van der Waals surface area (Å²) < 4.78 is 22.7. The number of aliphatic hydroxyl groups excluding tert-OH is 1. The topological polar surface area (TPSA) is 97.9 Å². The molecule has 3 saturated heterocycles. The van der Waals surface area contributed by atoms with Crippen molar-refractivity contribution in [2.75, 3.05) is 0 Å². The Balaban J connectivity index is 1.70. The number of allylic oxidation sites excluding steroid dienone is 1. The van der Waals surface area contributed by atoms with Crippen LogP contribution in [0.1, 0.15) is 27.2 Å². The molecule has 4 fully saturated rings. The Morgan fingerprint density at radius 2 is 2.07 bits per heavy atom. The largest absolute Gasteiger partial charge is 0.458 e. The fraction of sp³-hybridized carbons (Fsp3) is 0.600. The third-order valence-electron chi connectivity index (χ3n) is 6.10. The maximum Gasteiger partial charge on any atom is 0.334 e. The molecule has 7 nitrogen and oxygen atoms in total. The third-order valence-corrected chi connectivity index (χ3v) is 6.10. The van der Waals surface area contributed by atoms with Gasteiger partial charge in [0.1, 0.15) is 36.6 Å². The molecule has 27 heavy (non-hydrogen) atoms. The maximum absolute atomic E-state index is 12.4. The van der Waals surface area contributed by atoms with Crippen LogP contribution in [-0.4, -0.2) is 59.3 Å². The predicted octanol–water partition coefficient (Wildman–Crippen LogP) is 1.21. The van der Waals surface area contributed by atoms with E-state index in [1.807, 2.05) is 6.92 Å². The number of epoxide rings is 2. The minimum absolute atomic E-state index is 0.168. The van der Waals surface area contributed by atoms with E-state index in [4.69, 9.17) is 18.9 Å². The molecule has 3 aliphatic heterocycles. The molecule has 0 amide bonds. The van der Waals surface area contributed by atoms with E-state index in [0.29, 0.717) is 17.6 Å². The monoisotopic (exact) mass is 376 g/mol. The second kappa shape index (κ2) is 6.02. The number of rotatable bonds is 2. The Hall–Kier alpha value is -1.96. The van der Waals surface area contributed by atoms with Crippen LogP contribution in [0, 0.1) is 5.92 Å². The lowest BCUT2D eigenvalue weighted by Crippen LogP contribution is -2.44. The van der Waals surface area contributed by atoms with Gasteiger partial charge in [0.25, 0.3) is 0 Å². The average molecular weight is 376 g/mol. The minimum atomic E-state index is -1.14. The van der Waals surface area contributed by atoms with Gasteiger partial charge in [0, 0.05) is 17.6 Å².